The van der Waals surface area contributed by atoms with E-state index >= 15 is 0 Å². The van der Waals surface area contributed by atoms with Crippen LogP contribution in [0.25, 0.3) is 22.2 Å². The highest BCUT2D eigenvalue weighted by atomic mass is 19.1. The Morgan fingerprint density at radius 1 is 1.27 bits per heavy atom. The molecule has 4 rings (SSSR count). The number of aromatic nitrogens is 3. The van der Waals surface area contributed by atoms with E-state index < -0.39 is 11.4 Å². The van der Waals surface area contributed by atoms with Gasteiger partial charge in [0, 0.05) is 47.1 Å². The van der Waals surface area contributed by atoms with Crippen molar-refractivity contribution in [3.05, 3.63) is 71.9 Å². The van der Waals surface area contributed by atoms with E-state index in [0.29, 0.717) is 11.5 Å². The molecule has 6 nitrogen and oxygen atoms in total. The Hall–Kier alpha value is -3.19. The number of para-hydroxylation sites is 1. The van der Waals surface area contributed by atoms with E-state index in [4.69, 9.17) is 16.2 Å². The topological polar surface area (TPSA) is 103 Å². The lowest BCUT2D eigenvalue weighted by Gasteiger charge is -2.32. The van der Waals surface area contributed by atoms with E-state index in [0.717, 1.165) is 16.5 Å². The van der Waals surface area contributed by atoms with Gasteiger partial charge in [-0.25, -0.2) is 14.4 Å². The average molecular weight is 351 g/mol. The maximum absolute atomic E-state index is 13.8. The Bertz CT molecular complexity index is 1050. The minimum absolute atomic E-state index is 0.0375. The minimum atomic E-state index is -1.23. The normalized spacial score (nSPS) is 20.3. The quantitative estimate of drug-likeness (QED) is 0.673. The molecule has 2 heterocycles. The molecule has 0 amide bonds. The molecule has 0 saturated carbocycles. The van der Waals surface area contributed by atoms with Gasteiger partial charge in [0.05, 0.1) is 12.8 Å². The number of ether oxygens (including phenoxy) is 1. The molecule has 0 aliphatic heterocycles. The van der Waals surface area contributed by atoms with Crippen molar-refractivity contribution in [3.8, 4) is 11.3 Å². The van der Waals surface area contributed by atoms with Gasteiger partial charge in [-0.05, 0) is 12.1 Å². The second-order valence-electron chi connectivity index (χ2n) is 6.25. The van der Waals surface area contributed by atoms with Gasteiger partial charge in [0.1, 0.15) is 17.1 Å². The summed E-state index contributed by atoms with van der Waals surface area (Å²) in [5.74, 6) is 0.0137. The lowest BCUT2D eigenvalue weighted by molar-refractivity contribution is 0.207. The van der Waals surface area contributed by atoms with E-state index in [1.807, 2.05) is 30.5 Å². The van der Waals surface area contributed by atoms with Gasteiger partial charge < -0.3 is 21.2 Å². The van der Waals surface area contributed by atoms with Crippen molar-refractivity contribution in [2.24, 2.45) is 11.5 Å². The number of H-pyrrole nitrogens is 1. The van der Waals surface area contributed by atoms with Gasteiger partial charge in [0.15, 0.2) is 5.82 Å². The van der Waals surface area contributed by atoms with Gasteiger partial charge in [-0.1, -0.05) is 18.2 Å². The summed E-state index contributed by atoms with van der Waals surface area (Å²) in [6, 6.07) is 9.74. The molecule has 1 atom stereocenters. The minimum Gasteiger partial charge on any atom is -0.499 e. The molecule has 5 N–H and O–H groups in total. The number of methoxy groups -OCH3 is 1. The Morgan fingerprint density at radius 2 is 2.08 bits per heavy atom. The molecule has 0 bridgehead atoms. The second-order valence-corrected chi connectivity index (χ2v) is 6.25. The highest BCUT2D eigenvalue weighted by Crippen LogP contribution is 2.37. The standard InChI is InChI=1S/C19H18FN5O/c1-26-17-8-13(20)14(21)9-19(17,22)18-23-7-6-16(25-18)12-10-24-15-5-3-2-4-11(12)15/h2-8,10,24H,9,21-22H2,1H3. The van der Waals surface area contributed by atoms with Crippen molar-refractivity contribution >= 4 is 10.9 Å². The fraction of sp³-hybridized carbons (Fsp3) is 0.158. The molecular weight excluding hydrogens is 333 g/mol. The van der Waals surface area contributed by atoms with Crippen LogP contribution in [-0.2, 0) is 10.3 Å². The second kappa shape index (κ2) is 5.96. The third-order valence-electron chi connectivity index (χ3n) is 4.61. The Morgan fingerprint density at radius 3 is 2.88 bits per heavy atom. The first-order valence-electron chi connectivity index (χ1n) is 8.12. The number of nitrogens with zero attached hydrogens (tertiary/aromatic N) is 2. The number of benzene rings is 1. The highest BCUT2D eigenvalue weighted by molar-refractivity contribution is 5.94. The number of nitrogens with one attached hydrogen (secondary N) is 1. The van der Waals surface area contributed by atoms with Crippen molar-refractivity contribution in [3.63, 3.8) is 0 Å². The lowest BCUT2D eigenvalue weighted by atomic mass is 9.86. The first kappa shape index (κ1) is 16.3. The maximum atomic E-state index is 13.8. The molecule has 0 saturated heterocycles. The summed E-state index contributed by atoms with van der Waals surface area (Å²) in [4.78, 5) is 12.2. The van der Waals surface area contributed by atoms with Gasteiger partial charge in [0.25, 0.3) is 0 Å². The van der Waals surface area contributed by atoms with Crippen molar-refractivity contribution in [1.82, 2.24) is 15.0 Å². The first-order chi connectivity index (χ1) is 12.5. The van der Waals surface area contributed by atoms with Gasteiger partial charge in [-0.3, -0.25) is 0 Å². The predicted molar refractivity (Wildman–Crippen MR) is 97.2 cm³/mol. The maximum Gasteiger partial charge on any atom is 0.156 e. The summed E-state index contributed by atoms with van der Waals surface area (Å²) in [6.07, 6.45) is 4.75. The monoisotopic (exact) mass is 351 g/mol. The molecule has 7 heteroatoms. The number of fused-ring (bicyclic) bond motifs is 1. The fourth-order valence-electron chi connectivity index (χ4n) is 3.25. The van der Waals surface area contributed by atoms with Crippen LogP contribution in [0.15, 0.2) is 66.1 Å². The largest absolute Gasteiger partial charge is 0.499 e. The molecule has 0 spiro atoms. The number of aromatic amines is 1. The smallest absolute Gasteiger partial charge is 0.156 e. The van der Waals surface area contributed by atoms with Crippen LogP contribution in [0, 0.1) is 0 Å². The van der Waals surface area contributed by atoms with Crippen LogP contribution in [0.4, 0.5) is 4.39 Å². The molecule has 1 aromatic carbocycles. The van der Waals surface area contributed by atoms with E-state index in [9.17, 15) is 4.39 Å². The zero-order chi connectivity index (χ0) is 18.3. The molecule has 26 heavy (non-hydrogen) atoms. The summed E-state index contributed by atoms with van der Waals surface area (Å²) in [5, 5.41) is 1.04. The molecule has 0 radical (unpaired) electrons. The Labute approximate surface area is 149 Å². The van der Waals surface area contributed by atoms with Crippen LogP contribution in [-0.4, -0.2) is 22.1 Å². The van der Waals surface area contributed by atoms with E-state index in [-0.39, 0.29) is 17.9 Å². The molecule has 3 aromatic rings. The van der Waals surface area contributed by atoms with Crippen LogP contribution >= 0.6 is 0 Å². The Balaban J connectivity index is 1.83. The van der Waals surface area contributed by atoms with Gasteiger partial charge in [0.2, 0.25) is 0 Å². The molecule has 1 unspecified atom stereocenters. The summed E-state index contributed by atoms with van der Waals surface area (Å²) in [7, 11) is 1.44. The molecular formula is C19H18FN5O. The molecule has 1 aliphatic carbocycles. The van der Waals surface area contributed by atoms with Crippen molar-refractivity contribution in [1.29, 1.82) is 0 Å². The predicted octanol–water partition coefficient (Wildman–Crippen LogP) is 2.85. The SMILES string of the molecule is COC1=CC(F)=C(N)CC1(N)c1nccc(-c2c[nH]c3ccccc23)n1. The molecule has 1 aliphatic rings. The van der Waals surface area contributed by atoms with E-state index in [1.54, 1.807) is 12.3 Å². The van der Waals surface area contributed by atoms with Gasteiger partial charge in [-0.2, -0.15) is 0 Å². The van der Waals surface area contributed by atoms with E-state index in [2.05, 4.69) is 15.0 Å². The van der Waals surface area contributed by atoms with Crippen LogP contribution in [0.5, 0.6) is 0 Å². The number of hydrogen-bond acceptors (Lipinski definition) is 5. The number of allylic oxidation sites excluding steroid dienone is 2. The number of hydrogen-bond donors (Lipinski definition) is 3. The highest BCUT2D eigenvalue weighted by Gasteiger charge is 2.40. The third kappa shape index (κ3) is 2.44. The summed E-state index contributed by atoms with van der Waals surface area (Å²) >= 11 is 0. The number of nitrogens with two attached hydrogens (primary N) is 2. The zero-order valence-corrected chi connectivity index (χ0v) is 14.2. The van der Waals surface area contributed by atoms with Gasteiger partial charge >= 0.3 is 0 Å². The first-order valence-corrected chi connectivity index (χ1v) is 8.12. The summed E-state index contributed by atoms with van der Waals surface area (Å²) < 4.78 is 19.1. The fourth-order valence-corrected chi connectivity index (χ4v) is 3.25. The third-order valence-corrected chi connectivity index (χ3v) is 4.61. The lowest BCUT2D eigenvalue weighted by Crippen LogP contribution is -2.44. The van der Waals surface area contributed by atoms with Crippen LogP contribution < -0.4 is 11.5 Å². The summed E-state index contributed by atoms with van der Waals surface area (Å²) in [5.41, 5.74) is 13.8. The van der Waals surface area contributed by atoms with Crippen molar-refractivity contribution < 1.29 is 9.13 Å². The van der Waals surface area contributed by atoms with E-state index in [1.165, 1.54) is 13.2 Å². The zero-order valence-electron chi connectivity index (χ0n) is 14.2. The van der Waals surface area contributed by atoms with Crippen LogP contribution in [0.3, 0.4) is 0 Å². The number of rotatable bonds is 3. The average Bonchev–Trinajstić information content (AvgIpc) is 3.09. The molecule has 0 fully saturated rings. The summed E-state index contributed by atoms with van der Waals surface area (Å²) in [6.45, 7) is 0. The van der Waals surface area contributed by atoms with Crippen LogP contribution in [0.1, 0.15) is 12.2 Å². The molecule has 2 aromatic heterocycles. The van der Waals surface area contributed by atoms with Crippen molar-refractivity contribution in [2.45, 2.75) is 12.0 Å². The Kier molecular flexibility index (Phi) is 3.73. The van der Waals surface area contributed by atoms with Crippen LogP contribution in [0.2, 0.25) is 0 Å². The molecule has 132 valence electrons. The van der Waals surface area contributed by atoms with Gasteiger partial charge in [-0.15, -0.1) is 0 Å². The number of halogens is 1. The van der Waals surface area contributed by atoms with Crippen molar-refractivity contribution in [2.75, 3.05) is 7.11 Å².